The average Bonchev–Trinajstić information content (AvgIpc) is 3.09. The Morgan fingerprint density at radius 1 is 1.19 bits per heavy atom. The summed E-state index contributed by atoms with van der Waals surface area (Å²) in [5, 5.41) is 11.9. The summed E-state index contributed by atoms with van der Waals surface area (Å²) in [4.78, 5) is 30.3. The lowest BCUT2D eigenvalue weighted by atomic mass is 10.0. The van der Waals surface area contributed by atoms with E-state index in [9.17, 15) is 9.59 Å². The number of benzene rings is 1. The Morgan fingerprint density at radius 2 is 1.92 bits per heavy atom. The van der Waals surface area contributed by atoms with E-state index in [4.69, 9.17) is 0 Å². The Hall–Kier alpha value is -2.77. The second-order valence-electron chi connectivity index (χ2n) is 6.60. The SMILES string of the molecule is CCCCC1C(=O)N(C)CCN1C(=O)c1ccc(-c2nnn(C)n2)cc1. The van der Waals surface area contributed by atoms with Gasteiger partial charge >= 0.3 is 0 Å². The number of nitrogens with zero attached hydrogens (tertiary/aromatic N) is 6. The van der Waals surface area contributed by atoms with E-state index in [1.54, 1.807) is 36.0 Å². The Bertz CT molecular complexity index is 785. The summed E-state index contributed by atoms with van der Waals surface area (Å²) in [6.45, 7) is 3.21. The summed E-state index contributed by atoms with van der Waals surface area (Å²) < 4.78 is 0. The lowest BCUT2D eigenvalue weighted by Gasteiger charge is -2.39. The van der Waals surface area contributed by atoms with Crippen LogP contribution in [0.1, 0.15) is 36.5 Å². The van der Waals surface area contributed by atoms with Gasteiger partial charge in [-0.15, -0.1) is 10.2 Å². The molecule has 8 nitrogen and oxygen atoms in total. The molecule has 1 aromatic heterocycles. The lowest BCUT2D eigenvalue weighted by Crippen LogP contribution is -2.57. The highest BCUT2D eigenvalue weighted by molar-refractivity contribution is 5.98. The molecular weight excluding hydrogens is 332 g/mol. The summed E-state index contributed by atoms with van der Waals surface area (Å²) in [5.41, 5.74) is 1.36. The van der Waals surface area contributed by atoms with E-state index >= 15 is 0 Å². The minimum atomic E-state index is -0.373. The Labute approximate surface area is 152 Å². The van der Waals surface area contributed by atoms with Crippen LogP contribution in [0, 0.1) is 0 Å². The number of likely N-dealkylation sites (N-methyl/N-ethyl adjacent to an activating group) is 1. The Morgan fingerprint density at radius 3 is 2.54 bits per heavy atom. The number of aryl methyl sites for hydroxylation is 1. The number of carbonyl (C=O) groups is 2. The van der Waals surface area contributed by atoms with Crippen molar-refractivity contribution in [2.75, 3.05) is 20.1 Å². The third kappa shape index (κ3) is 3.58. The topological polar surface area (TPSA) is 84.2 Å². The standard InChI is InChI=1S/C18H24N6O2/c1-4-5-6-15-18(26)22(2)11-12-24(15)17(25)14-9-7-13(8-10-14)16-19-21-23(3)20-16/h7-10,15H,4-6,11-12H2,1-3H3. The van der Waals surface area contributed by atoms with Gasteiger partial charge in [0.05, 0.1) is 7.05 Å². The fourth-order valence-electron chi connectivity index (χ4n) is 3.16. The van der Waals surface area contributed by atoms with E-state index in [1.807, 2.05) is 12.1 Å². The van der Waals surface area contributed by atoms with Gasteiger partial charge in [0.25, 0.3) is 5.91 Å². The average molecular weight is 356 g/mol. The maximum atomic E-state index is 13.0. The first-order valence-corrected chi connectivity index (χ1v) is 8.91. The first kappa shape index (κ1) is 18.0. The van der Waals surface area contributed by atoms with Gasteiger partial charge in [-0.05, 0) is 23.8 Å². The first-order valence-electron chi connectivity index (χ1n) is 8.91. The van der Waals surface area contributed by atoms with Gasteiger partial charge in [0, 0.05) is 31.3 Å². The minimum absolute atomic E-state index is 0.0263. The zero-order valence-electron chi connectivity index (χ0n) is 15.4. The smallest absolute Gasteiger partial charge is 0.254 e. The van der Waals surface area contributed by atoms with Gasteiger partial charge in [-0.25, -0.2) is 0 Å². The van der Waals surface area contributed by atoms with Crippen LogP contribution >= 0.6 is 0 Å². The van der Waals surface area contributed by atoms with Crippen LogP contribution in [0.3, 0.4) is 0 Å². The molecule has 2 heterocycles. The van der Waals surface area contributed by atoms with Crippen molar-refractivity contribution in [3.8, 4) is 11.4 Å². The van der Waals surface area contributed by atoms with E-state index in [1.165, 1.54) is 4.80 Å². The molecule has 26 heavy (non-hydrogen) atoms. The molecule has 1 unspecified atom stereocenters. The highest BCUT2D eigenvalue weighted by Gasteiger charge is 2.35. The van der Waals surface area contributed by atoms with Crippen molar-refractivity contribution in [3.63, 3.8) is 0 Å². The predicted molar refractivity (Wildman–Crippen MR) is 96.2 cm³/mol. The van der Waals surface area contributed by atoms with E-state index in [0.717, 1.165) is 18.4 Å². The molecule has 0 N–H and O–H groups in total. The fraction of sp³-hybridized carbons (Fsp3) is 0.500. The molecular formula is C18H24N6O2. The van der Waals surface area contributed by atoms with Crippen LogP contribution in [0.5, 0.6) is 0 Å². The second-order valence-corrected chi connectivity index (χ2v) is 6.60. The van der Waals surface area contributed by atoms with Crippen LogP contribution in [-0.4, -0.2) is 68.0 Å². The number of unbranched alkanes of at least 4 members (excludes halogenated alkanes) is 1. The minimum Gasteiger partial charge on any atom is -0.342 e. The molecule has 0 aliphatic carbocycles. The molecule has 1 atom stereocenters. The molecule has 0 spiro atoms. The quantitative estimate of drug-likeness (QED) is 0.807. The highest BCUT2D eigenvalue weighted by atomic mass is 16.2. The van der Waals surface area contributed by atoms with Gasteiger partial charge in [-0.1, -0.05) is 31.9 Å². The second kappa shape index (κ2) is 7.63. The Balaban J connectivity index is 1.79. The van der Waals surface area contributed by atoms with Crippen molar-refractivity contribution in [1.29, 1.82) is 0 Å². The molecule has 1 fully saturated rings. The van der Waals surface area contributed by atoms with E-state index < -0.39 is 0 Å². The maximum Gasteiger partial charge on any atom is 0.254 e. The van der Waals surface area contributed by atoms with E-state index in [0.29, 0.717) is 30.9 Å². The molecule has 0 bridgehead atoms. The predicted octanol–water partition coefficient (Wildman–Crippen LogP) is 1.35. The van der Waals surface area contributed by atoms with Crippen molar-refractivity contribution in [2.45, 2.75) is 32.2 Å². The molecule has 1 aliphatic rings. The largest absolute Gasteiger partial charge is 0.342 e. The third-order valence-electron chi connectivity index (χ3n) is 4.70. The van der Waals surface area contributed by atoms with Gasteiger partial charge in [0.1, 0.15) is 6.04 Å². The van der Waals surface area contributed by atoms with Gasteiger partial charge in [-0.2, -0.15) is 4.80 Å². The molecule has 1 aliphatic heterocycles. The van der Waals surface area contributed by atoms with Crippen molar-refractivity contribution in [3.05, 3.63) is 29.8 Å². The van der Waals surface area contributed by atoms with Crippen LogP contribution in [-0.2, 0) is 11.8 Å². The number of hydrogen-bond donors (Lipinski definition) is 0. The molecule has 1 aromatic carbocycles. The number of hydrogen-bond acceptors (Lipinski definition) is 5. The summed E-state index contributed by atoms with van der Waals surface area (Å²) in [5.74, 6) is 0.437. The fourth-order valence-corrected chi connectivity index (χ4v) is 3.16. The molecule has 2 aromatic rings. The normalized spacial score (nSPS) is 17.7. The summed E-state index contributed by atoms with van der Waals surface area (Å²) in [7, 11) is 3.50. The number of piperazine rings is 1. The number of aromatic nitrogens is 4. The van der Waals surface area contributed by atoms with Gasteiger partial charge < -0.3 is 9.80 Å². The first-order chi connectivity index (χ1) is 12.5. The van der Waals surface area contributed by atoms with Crippen LogP contribution in [0.2, 0.25) is 0 Å². The monoisotopic (exact) mass is 356 g/mol. The van der Waals surface area contributed by atoms with Crippen LogP contribution < -0.4 is 0 Å². The molecule has 1 saturated heterocycles. The molecule has 3 rings (SSSR count). The van der Waals surface area contributed by atoms with Crippen LogP contribution in [0.4, 0.5) is 0 Å². The van der Waals surface area contributed by atoms with Crippen molar-refractivity contribution >= 4 is 11.8 Å². The van der Waals surface area contributed by atoms with Gasteiger partial charge in [-0.3, -0.25) is 9.59 Å². The highest BCUT2D eigenvalue weighted by Crippen LogP contribution is 2.21. The molecule has 0 saturated carbocycles. The molecule has 0 radical (unpaired) electrons. The number of rotatable bonds is 5. The van der Waals surface area contributed by atoms with E-state index in [-0.39, 0.29) is 17.9 Å². The molecule has 138 valence electrons. The molecule has 8 heteroatoms. The number of carbonyl (C=O) groups excluding carboxylic acids is 2. The van der Waals surface area contributed by atoms with Crippen LogP contribution in [0.15, 0.2) is 24.3 Å². The summed E-state index contributed by atoms with van der Waals surface area (Å²) in [6.07, 6.45) is 2.62. The van der Waals surface area contributed by atoms with Crippen LogP contribution in [0.25, 0.3) is 11.4 Å². The summed E-state index contributed by atoms with van der Waals surface area (Å²) in [6, 6.07) is 6.76. The zero-order valence-corrected chi connectivity index (χ0v) is 15.4. The maximum absolute atomic E-state index is 13.0. The van der Waals surface area contributed by atoms with Gasteiger partial charge in [0.2, 0.25) is 11.7 Å². The van der Waals surface area contributed by atoms with Crippen molar-refractivity contribution < 1.29 is 9.59 Å². The van der Waals surface area contributed by atoms with Crippen molar-refractivity contribution in [2.24, 2.45) is 7.05 Å². The van der Waals surface area contributed by atoms with E-state index in [2.05, 4.69) is 22.3 Å². The number of tetrazole rings is 1. The third-order valence-corrected chi connectivity index (χ3v) is 4.70. The van der Waals surface area contributed by atoms with Crippen molar-refractivity contribution in [1.82, 2.24) is 30.0 Å². The number of amides is 2. The zero-order chi connectivity index (χ0) is 18.7. The summed E-state index contributed by atoms with van der Waals surface area (Å²) >= 11 is 0. The lowest BCUT2D eigenvalue weighted by molar-refractivity contribution is -0.138. The van der Waals surface area contributed by atoms with Gasteiger partial charge in [0.15, 0.2) is 0 Å². The molecule has 2 amide bonds. The Kier molecular flexibility index (Phi) is 5.29.